The molecule has 4 nitrogen and oxygen atoms in total. The number of aromatic nitrogens is 1. The van der Waals surface area contributed by atoms with E-state index in [1.807, 2.05) is 0 Å². The largest absolute Gasteiger partial charge is 0.618 e. The second-order valence-corrected chi connectivity index (χ2v) is 2.81. The lowest BCUT2D eigenvalue weighted by Gasteiger charge is -2.10. The number of carbonyl (C=O) groups excluding carboxylic acids is 1. The van der Waals surface area contributed by atoms with Crippen molar-refractivity contribution in [1.82, 2.24) is 0 Å². The number of alkyl halides is 3. The van der Waals surface area contributed by atoms with Crippen LogP contribution >= 0.6 is 0 Å². The van der Waals surface area contributed by atoms with Gasteiger partial charge in [-0.15, -0.1) is 0 Å². The molecule has 0 amide bonds. The van der Waals surface area contributed by atoms with Crippen molar-refractivity contribution in [3.8, 4) is 0 Å². The fourth-order valence-corrected chi connectivity index (χ4v) is 1.14. The predicted octanol–water partition coefficient (Wildman–Crippen LogP) is 1.52. The summed E-state index contributed by atoms with van der Waals surface area (Å²) in [6.45, 7) is 1.39. The molecular formula is C9H8F3NO3. The first kappa shape index (κ1) is 12.3. The summed E-state index contributed by atoms with van der Waals surface area (Å²) in [7, 11) is 0. The number of hydrogen-bond acceptors (Lipinski definition) is 3. The maximum atomic E-state index is 12.5. The Morgan fingerprint density at radius 1 is 1.56 bits per heavy atom. The average Bonchev–Trinajstić information content (AvgIpc) is 2.15. The van der Waals surface area contributed by atoms with E-state index in [9.17, 15) is 23.2 Å². The average molecular weight is 235 g/mol. The van der Waals surface area contributed by atoms with Crippen LogP contribution in [-0.2, 0) is 10.9 Å². The molecule has 0 aromatic carbocycles. The Morgan fingerprint density at radius 2 is 2.19 bits per heavy atom. The molecular weight excluding hydrogens is 227 g/mol. The Hall–Kier alpha value is -1.79. The van der Waals surface area contributed by atoms with E-state index >= 15 is 0 Å². The number of esters is 1. The molecule has 88 valence electrons. The van der Waals surface area contributed by atoms with Crippen LogP contribution in [0.5, 0.6) is 0 Å². The van der Waals surface area contributed by atoms with Crippen molar-refractivity contribution in [2.24, 2.45) is 0 Å². The van der Waals surface area contributed by atoms with Crippen LogP contribution in [0.15, 0.2) is 18.3 Å². The van der Waals surface area contributed by atoms with Crippen LogP contribution in [0.2, 0.25) is 0 Å². The Kier molecular flexibility index (Phi) is 3.36. The highest BCUT2D eigenvalue weighted by Crippen LogP contribution is 2.29. The number of halogens is 3. The number of carbonyl (C=O) groups is 1. The van der Waals surface area contributed by atoms with Crippen molar-refractivity contribution in [2.75, 3.05) is 6.61 Å². The van der Waals surface area contributed by atoms with E-state index in [1.165, 1.54) is 6.92 Å². The molecule has 0 aliphatic heterocycles. The van der Waals surface area contributed by atoms with Gasteiger partial charge in [0.25, 0.3) is 0 Å². The molecule has 0 aliphatic rings. The lowest BCUT2D eigenvalue weighted by atomic mass is 10.2. The standard InChI is InChI=1S/C9H8F3NO3/c1-2-16-8(14)6-4-3-5-13(15)7(6)9(10,11)12/h3-5H,2H2,1H3. The molecule has 0 N–H and O–H groups in total. The highest BCUT2D eigenvalue weighted by molar-refractivity contribution is 5.90. The van der Waals surface area contributed by atoms with Gasteiger partial charge in [-0.05, 0) is 13.0 Å². The van der Waals surface area contributed by atoms with E-state index in [0.29, 0.717) is 6.20 Å². The normalized spacial score (nSPS) is 11.2. The zero-order valence-corrected chi connectivity index (χ0v) is 8.25. The zero-order chi connectivity index (χ0) is 12.3. The van der Waals surface area contributed by atoms with E-state index in [1.54, 1.807) is 0 Å². The van der Waals surface area contributed by atoms with Gasteiger partial charge in [-0.1, -0.05) is 0 Å². The maximum Gasteiger partial charge on any atom is 0.479 e. The van der Waals surface area contributed by atoms with Gasteiger partial charge >= 0.3 is 17.8 Å². The quantitative estimate of drug-likeness (QED) is 0.443. The highest BCUT2D eigenvalue weighted by atomic mass is 19.4. The molecule has 0 spiro atoms. The van der Waals surface area contributed by atoms with Gasteiger partial charge in [-0.25, -0.2) is 4.79 Å². The second kappa shape index (κ2) is 4.38. The van der Waals surface area contributed by atoms with Crippen molar-refractivity contribution < 1.29 is 27.4 Å². The van der Waals surface area contributed by atoms with Gasteiger partial charge in [-0.3, -0.25) is 0 Å². The summed E-state index contributed by atoms with van der Waals surface area (Å²) < 4.78 is 41.5. The van der Waals surface area contributed by atoms with Crippen LogP contribution in [-0.4, -0.2) is 12.6 Å². The van der Waals surface area contributed by atoms with Gasteiger partial charge in [-0.2, -0.15) is 17.9 Å². The van der Waals surface area contributed by atoms with E-state index in [2.05, 4.69) is 4.74 Å². The fraction of sp³-hybridized carbons (Fsp3) is 0.333. The molecule has 0 atom stereocenters. The van der Waals surface area contributed by atoms with E-state index in [4.69, 9.17) is 0 Å². The van der Waals surface area contributed by atoms with Crippen molar-refractivity contribution >= 4 is 5.97 Å². The third kappa shape index (κ3) is 2.41. The molecule has 7 heteroatoms. The summed E-state index contributed by atoms with van der Waals surface area (Å²) in [6.07, 6.45) is -4.23. The van der Waals surface area contributed by atoms with E-state index in [0.717, 1.165) is 12.1 Å². The van der Waals surface area contributed by atoms with Gasteiger partial charge in [0.05, 0.1) is 6.61 Å². The Morgan fingerprint density at radius 3 is 2.69 bits per heavy atom. The number of pyridine rings is 1. The first-order chi connectivity index (χ1) is 7.38. The van der Waals surface area contributed by atoms with Crippen LogP contribution < -0.4 is 4.73 Å². The van der Waals surface area contributed by atoms with E-state index < -0.39 is 28.1 Å². The van der Waals surface area contributed by atoms with Gasteiger partial charge in [0.15, 0.2) is 6.20 Å². The molecule has 0 fully saturated rings. The first-order valence-electron chi connectivity index (χ1n) is 4.34. The molecule has 0 radical (unpaired) electrons. The van der Waals surface area contributed by atoms with Crippen LogP contribution in [0.25, 0.3) is 0 Å². The minimum absolute atomic E-state index is 0.0656. The Bertz CT molecular complexity index is 403. The van der Waals surface area contributed by atoms with E-state index in [-0.39, 0.29) is 6.61 Å². The van der Waals surface area contributed by atoms with Crippen LogP contribution in [0.4, 0.5) is 13.2 Å². The number of hydrogen-bond donors (Lipinski definition) is 0. The maximum absolute atomic E-state index is 12.5. The monoisotopic (exact) mass is 235 g/mol. The van der Waals surface area contributed by atoms with Gasteiger partial charge < -0.3 is 9.94 Å². The molecule has 0 saturated heterocycles. The third-order valence-electron chi connectivity index (χ3n) is 1.72. The zero-order valence-electron chi connectivity index (χ0n) is 8.25. The van der Waals surface area contributed by atoms with Crippen LogP contribution in [0.1, 0.15) is 23.0 Å². The van der Waals surface area contributed by atoms with Crippen molar-refractivity contribution in [3.63, 3.8) is 0 Å². The lowest BCUT2D eigenvalue weighted by Crippen LogP contribution is -2.38. The Balaban J connectivity index is 3.29. The smallest absolute Gasteiger partial charge is 0.479 e. The second-order valence-electron chi connectivity index (χ2n) is 2.81. The topological polar surface area (TPSA) is 53.2 Å². The van der Waals surface area contributed by atoms with Crippen LogP contribution in [0.3, 0.4) is 0 Å². The molecule has 0 bridgehead atoms. The minimum Gasteiger partial charge on any atom is -0.618 e. The summed E-state index contributed by atoms with van der Waals surface area (Å²) in [6, 6.07) is 1.95. The van der Waals surface area contributed by atoms with Crippen molar-refractivity contribution in [2.45, 2.75) is 13.1 Å². The summed E-state index contributed by atoms with van der Waals surface area (Å²) >= 11 is 0. The molecule has 1 heterocycles. The molecule has 0 aliphatic carbocycles. The van der Waals surface area contributed by atoms with Gasteiger partial charge in [0.1, 0.15) is 5.56 Å². The number of nitrogens with zero attached hydrogens (tertiary/aromatic N) is 1. The van der Waals surface area contributed by atoms with Crippen LogP contribution in [0, 0.1) is 5.21 Å². The molecule has 16 heavy (non-hydrogen) atoms. The van der Waals surface area contributed by atoms with Crippen molar-refractivity contribution in [1.29, 1.82) is 0 Å². The fourth-order valence-electron chi connectivity index (χ4n) is 1.14. The molecule has 0 saturated carbocycles. The molecule has 1 aromatic heterocycles. The summed E-state index contributed by atoms with van der Waals surface area (Å²) in [5.74, 6) is -1.17. The summed E-state index contributed by atoms with van der Waals surface area (Å²) in [4.78, 5) is 11.2. The SMILES string of the molecule is CCOC(=O)c1ccc[n+]([O-])c1C(F)(F)F. The molecule has 1 rings (SSSR count). The highest BCUT2D eigenvalue weighted by Gasteiger charge is 2.44. The van der Waals surface area contributed by atoms with Gasteiger partial charge in [0, 0.05) is 6.07 Å². The predicted molar refractivity (Wildman–Crippen MR) is 46.4 cm³/mol. The number of ether oxygens (including phenoxy) is 1. The van der Waals surface area contributed by atoms with Crippen molar-refractivity contribution in [3.05, 3.63) is 34.8 Å². The lowest BCUT2D eigenvalue weighted by molar-refractivity contribution is -0.629. The number of rotatable bonds is 2. The third-order valence-corrected chi connectivity index (χ3v) is 1.72. The first-order valence-corrected chi connectivity index (χ1v) is 4.34. The summed E-state index contributed by atoms with van der Waals surface area (Å²) in [5.41, 5.74) is -2.35. The Labute approximate surface area is 88.8 Å². The molecule has 1 aromatic rings. The van der Waals surface area contributed by atoms with Gasteiger partial charge in [0.2, 0.25) is 0 Å². The minimum atomic E-state index is -4.90. The molecule has 0 unspecified atom stereocenters. The summed E-state index contributed by atoms with van der Waals surface area (Å²) in [5, 5.41) is 11.0.